The number of aryl methyl sites for hydroxylation is 1. The first-order valence-corrected chi connectivity index (χ1v) is 7.82. The van der Waals surface area contributed by atoms with Gasteiger partial charge in [-0.2, -0.15) is 0 Å². The standard InChI is InChI=1S/C16H24ClN2/c1-12-15(19(2)10-8-18-9-11-19)7-6-13-4-3-5-14(17)16(12)13/h3-5,12,15,18H,6-11H2,1-2H3/q+1. The summed E-state index contributed by atoms with van der Waals surface area (Å²) in [4.78, 5) is 0. The largest absolute Gasteiger partial charge is 0.321 e. The highest BCUT2D eigenvalue weighted by Gasteiger charge is 2.41. The van der Waals surface area contributed by atoms with Gasteiger partial charge in [0.25, 0.3) is 0 Å². The van der Waals surface area contributed by atoms with Gasteiger partial charge in [-0.1, -0.05) is 30.7 Å². The molecule has 1 saturated heterocycles. The fourth-order valence-electron chi connectivity index (χ4n) is 4.14. The molecule has 2 nitrogen and oxygen atoms in total. The quantitative estimate of drug-likeness (QED) is 0.780. The average Bonchev–Trinajstić information content (AvgIpc) is 2.39. The van der Waals surface area contributed by atoms with Crippen LogP contribution in [0.5, 0.6) is 0 Å². The number of hydrogen-bond donors (Lipinski definition) is 1. The average molecular weight is 280 g/mol. The molecule has 1 heterocycles. The van der Waals surface area contributed by atoms with E-state index in [1.54, 1.807) is 0 Å². The zero-order chi connectivity index (χ0) is 13.5. The monoisotopic (exact) mass is 279 g/mol. The van der Waals surface area contributed by atoms with E-state index in [2.05, 4.69) is 37.5 Å². The molecule has 0 saturated carbocycles. The van der Waals surface area contributed by atoms with Gasteiger partial charge in [0, 0.05) is 30.5 Å². The first-order valence-electron chi connectivity index (χ1n) is 7.44. The summed E-state index contributed by atoms with van der Waals surface area (Å²) in [5.41, 5.74) is 2.89. The van der Waals surface area contributed by atoms with E-state index in [0.29, 0.717) is 5.92 Å². The van der Waals surface area contributed by atoms with E-state index in [-0.39, 0.29) is 0 Å². The summed E-state index contributed by atoms with van der Waals surface area (Å²) in [6, 6.07) is 7.12. The van der Waals surface area contributed by atoms with Gasteiger partial charge in [0.1, 0.15) is 0 Å². The van der Waals surface area contributed by atoms with Crippen molar-refractivity contribution in [2.75, 3.05) is 33.2 Å². The predicted molar refractivity (Wildman–Crippen MR) is 80.8 cm³/mol. The minimum atomic E-state index is 0.570. The van der Waals surface area contributed by atoms with Gasteiger partial charge < -0.3 is 9.80 Å². The van der Waals surface area contributed by atoms with Gasteiger partial charge in [-0.05, 0) is 23.6 Å². The SMILES string of the molecule is CC1c2c(Cl)cccc2CCC1[N+]1(C)CCNCC1. The van der Waals surface area contributed by atoms with E-state index >= 15 is 0 Å². The second-order valence-corrected chi connectivity index (χ2v) is 6.79. The number of hydrogen-bond acceptors (Lipinski definition) is 1. The zero-order valence-corrected chi connectivity index (χ0v) is 12.7. The number of likely N-dealkylation sites (N-methyl/N-ethyl adjacent to an activating group) is 1. The van der Waals surface area contributed by atoms with Gasteiger partial charge in [-0.25, -0.2) is 0 Å². The van der Waals surface area contributed by atoms with E-state index in [1.165, 1.54) is 41.5 Å². The second-order valence-electron chi connectivity index (χ2n) is 6.38. The molecule has 104 valence electrons. The lowest BCUT2D eigenvalue weighted by molar-refractivity contribution is -0.937. The maximum atomic E-state index is 6.47. The van der Waals surface area contributed by atoms with Crippen molar-refractivity contribution in [3.63, 3.8) is 0 Å². The zero-order valence-electron chi connectivity index (χ0n) is 12.0. The number of fused-ring (bicyclic) bond motifs is 1. The third-order valence-corrected chi connectivity index (χ3v) is 5.61. The van der Waals surface area contributed by atoms with Crippen LogP contribution in [-0.2, 0) is 6.42 Å². The molecule has 19 heavy (non-hydrogen) atoms. The summed E-state index contributed by atoms with van der Waals surface area (Å²) >= 11 is 6.47. The van der Waals surface area contributed by atoms with Crippen LogP contribution in [0.4, 0.5) is 0 Å². The highest BCUT2D eigenvalue weighted by atomic mass is 35.5. The Morgan fingerprint density at radius 3 is 2.74 bits per heavy atom. The normalized spacial score (nSPS) is 29.8. The maximum absolute atomic E-state index is 6.47. The molecule has 0 bridgehead atoms. The topological polar surface area (TPSA) is 12.0 Å². The fraction of sp³-hybridized carbons (Fsp3) is 0.625. The molecular formula is C16H24ClN2+. The number of quaternary nitrogens is 1. The van der Waals surface area contributed by atoms with Crippen LogP contribution in [0.15, 0.2) is 18.2 Å². The van der Waals surface area contributed by atoms with Gasteiger partial charge >= 0.3 is 0 Å². The Kier molecular flexibility index (Phi) is 3.59. The molecule has 0 aromatic heterocycles. The lowest BCUT2D eigenvalue weighted by Crippen LogP contribution is -2.63. The van der Waals surface area contributed by atoms with Crippen LogP contribution < -0.4 is 5.32 Å². The Balaban J connectivity index is 1.92. The molecule has 0 radical (unpaired) electrons. The van der Waals surface area contributed by atoms with E-state index in [9.17, 15) is 0 Å². The summed E-state index contributed by atoms with van der Waals surface area (Å²) in [6.45, 7) is 7.16. The van der Waals surface area contributed by atoms with Gasteiger partial charge in [-0.15, -0.1) is 0 Å². The summed E-state index contributed by atoms with van der Waals surface area (Å²) in [6.07, 6.45) is 2.48. The van der Waals surface area contributed by atoms with E-state index in [1.807, 2.05) is 0 Å². The van der Waals surface area contributed by atoms with Crippen LogP contribution in [0.25, 0.3) is 0 Å². The number of rotatable bonds is 1. The van der Waals surface area contributed by atoms with Crippen molar-refractivity contribution < 1.29 is 4.48 Å². The van der Waals surface area contributed by atoms with E-state index < -0.39 is 0 Å². The second kappa shape index (κ2) is 5.08. The van der Waals surface area contributed by atoms with Crippen LogP contribution in [0, 0.1) is 0 Å². The van der Waals surface area contributed by atoms with Crippen LogP contribution in [0.2, 0.25) is 5.02 Å². The lowest BCUT2D eigenvalue weighted by Gasteiger charge is -2.48. The van der Waals surface area contributed by atoms with Crippen molar-refractivity contribution in [1.29, 1.82) is 0 Å². The summed E-state index contributed by atoms with van der Waals surface area (Å²) in [5.74, 6) is 0.570. The third kappa shape index (κ3) is 2.31. The summed E-state index contributed by atoms with van der Waals surface area (Å²) < 4.78 is 1.21. The van der Waals surface area contributed by atoms with Crippen molar-refractivity contribution in [3.05, 3.63) is 34.3 Å². The maximum Gasteiger partial charge on any atom is 0.0959 e. The third-order valence-electron chi connectivity index (χ3n) is 5.28. The van der Waals surface area contributed by atoms with Crippen molar-refractivity contribution in [1.82, 2.24) is 5.32 Å². The van der Waals surface area contributed by atoms with Crippen molar-refractivity contribution in [2.45, 2.75) is 31.7 Å². The fourth-order valence-corrected chi connectivity index (χ4v) is 4.51. The van der Waals surface area contributed by atoms with Gasteiger partial charge in [0.15, 0.2) is 0 Å². The first-order chi connectivity index (χ1) is 9.12. The number of piperazine rings is 1. The highest BCUT2D eigenvalue weighted by Crippen LogP contribution is 2.40. The minimum absolute atomic E-state index is 0.570. The van der Waals surface area contributed by atoms with Gasteiger partial charge in [0.05, 0.1) is 26.2 Å². The number of benzene rings is 1. The Labute approximate surface area is 121 Å². The number of nitrogens with one attached hydrogen (secondary N) is 1. The lowest BCUT2D eigenvalue weighted by atomic mass is 9.78. The number of nitrogens with zero attached hydrogens (tertiary/aromatic N) is 1. The molecule has 2 unspecified atom stereocenters. The molecule has 1 aromatic rings. The van der Waals surface area contributed by atoms with Crippen molar-refractivity contribution >= 4 is 11.6 Å². The van der Waals surface area contributed by atoms with Crippen LogP contribution in [-0.4, -0.2) is 43.8 Å². The molecule has 1 N–H and O–H groups in total. The number of halogens is 1. The Hall–Kier alpha value is -0.570. The predicted octanol–water partition coefficient (Wildman–Crippen LogP) is 2.81. The molecule has 3 heteroatoms. The first kappa shape index (κ1) is 13.4. The Morgan fingerprint density at radius 1 is 1.26 bits per heavy atom. The smallest absolute Gasteiger partial charge is 0.0959 e. The van der Waals surface area contributed by atoms with E-state index in [0.717, 1.165) is 24.2 Å². The van der Waals surface area contributed by atoms with Gasteiger partial charge in [0.2, 0.25) is 0 Å². The van der Waals surface area contributed by atoms with Gasteiger partial charge in [-0.3, -0.25) is 0 Å². The summed E-state index contributed by atoms with van der Waals surface area (Å²) in [5, 5.41) is 4.45. The molecule has 1 fully saturated rings. The highest BCUT2D eigenvalue weighted by molar-refractivity contribution is 6.31. The molecule has 2 aliphatic rings. The molecule has 0 spiro atoms. The van der Waals surface area contributed by atoms with Crippen LogP contribution in [0.1, 0.15) is 30.4 Å². The molecule has 1 aliphatic heterocycles. The molecule has 3 rings (SSSR count). The molecular weight excluding hydrogens is 256 g/mol. The Morgan fingerprint density at radius 2 is 2.00 bits per heavy atom. The minimum Gasteiger partial charge on any atom is -0.321 e. The molecule has 0 amide bonds. The van der Waals surface area contributed by atoms with Crippen LogP contribution in [0.3, 0.4) is 0 Å². The van der Waals surface area contributed by atoms with Crippen molar-refractivity contribution in [2.24, 2.45) is 0 Å². The molecule has 1 aromatic carbocycles. The summed E-state index contributed by atoms with van der Waals surface area (Å²) in [7, 11) is 2.43. The Bertz CT molecular complexity index is 466. The molecule has 2 atom stereocenters. The van der Waals surface area contributed by atoms with Crippen LogP contribution >= 0.6 is 11.6 Å². The van der Waals surface area contributed by atoms with E-state index in [4.69, 9.17) is 11.6 Å². The van der Waals surface area contributed by atoms with Crippen molar-refractivity contribution in [3.8, 4) is 0 Å². The molecule has 1 aliphatic carbocycles.